The molecule has 1 N–H and O–H groups in total. The monoisotopic (exact) mass is 155 g/mol. The average molecular weight is 155 g/mol. The molecule has 0 radical (unpaired) electrons. The first-order valence-electron chi connectivity index (χ1n) is 3.74. The van der Waals surface area contributed by atoms with Crippen molar-refractivity contribution in [1.82, 2.24) is 5.32 Å². The number of esters is 1. The first-order chi connectivity index (χ1) is 5.27. The highest BCUT2D eigenvalue weighted by molar-refractivity contribution is 5.76. The molecule has 2 atom stereocenters. The summed E-state index contributed by atoms with van der Waals surface area (Å²) < 4.78 is 4.59. The van der Waals surface area contributed by atoms with Crippen molar-refractivity contribution in [2.75, 3.05) is 7.11 Å². The summed E-state index contributed by atoms with van der Waals surface area (Å²) in [6.07, 6.45) is 3.65. The van der Waals surface area contributed by atoms with E-state index in [0.29, 0.717) is 0 Å². The first kappa shape index (κ1) is 8.27. The second-order valence-electron chi connectivity index (χ2n) is 2.66. The Hall–Kier alpha value is -0.830. The number of carbonyl (C=O) groups is 1. The summed E-state index contributed by atoms with van der Waals surface area (Å²) in [6, 6.07) is 0.155. The molecule has 1 rings (SSSR count). The maximum absolute atomic E-state index is 11.0. The molecule has 0 aromatic rings. The summed E-state index contributed by atoms with van der Waals surface area (Å²) >= 11 is 0. The molecule has 1 heterocycles. The Morgan fingerprint density at radius 2 is 2.45 bits per heavy atom. The predicted molar refractivity (Wildman–Crippen MR) is 42.2 cm³/mol. The topological polar surface area (TPSA) is 38.3 Å². The van der Waals surface area contributed by atoms with Gasteiger partial charge >= 0.3 is 5.97 Å². The number of carbonyl (C=O) groups excluding carboxylic acids is 1. The number of nitrogens with one attached hydrogen (secondary N) is 1. The molecule has 0 spiro atoms. The molecule has 0 amide bonds. The van der Waals surface area contributed by atoms with Crippen LogP contribution in [-0.4, -0.2) is 25.2 Å². The van der Waals surface area contributed by atoms with E-state index in [1.807, 2.05) is 6.08 Å². The lowest BCUT2D eigenvalue weighted by atomic mass is 10.2. The molecule has 62 valence electrons. The highest BCUT2D eigenvalue weighted by Gasteiger charge is 2.27. The zero-order valence-electron chi connectivity index (χ0n) is 6.67. The van der Waals surface area contributed by atoms with E-state index in [2.05, 4.69) is 16.6 Å². The Morgan fingerprint density at radius 3 is 2.91 bits per heavy atom. The minimum Gasteiger partial charge on any atom is -0.468 e. The summed E-state index contributed by atoms with van der Waals surface area (Å²) in [4.78, 5) is 11.0. The predicted octanol–water partition coefficient (Wildman–Crippen LogP) is 0.466. The van der Waals surface area contributed by atoms with Crippen molar-refractivity contribution >= 4 is 5.97 Å². The van der Waals surface area contributed by atoms with Crippen molar-refractivity contribution in [3.63, 3.8) is 0 Å². The molecule has 11 heavy (non-hydrogen) atoms. The summed E-state index contributed by atoms with van der Waals surface area (Å²) in [6.45, 7) is 3.65. The zero-order chi connectivity index (χ0) is 8.27. The third-order valence-electron chi connectivity index (χ3n) is 1.95. The van der Waals surface area contributed by atoms with Crippen molar-refractivity contribution in [3.05, 3.63) is 12.7 Å². The van der Waals surface area contributed by atoms with Gasteiger partial charge in [0.2, 0.25) is 0 Å². The molecular weight excluding hydrogens is 142 g/mol. The molecule has 1 aliphatic rings. The molecule has 0 saturated carbocycles. The molecule has 0 unspecified atom stereocenters. The van der Waals surface area contributed by atoms with Crippen molar-refractivity contribution in [2.24, 2.45) is 0 Å². The maximum Gasteiger partial charge on any atom is 0.322 e. The molecule has 0 bridgehead atoms. The van der Waals surface area contributed by atoms with Gasteiger partial charge in [0.25, 0.3) is 0 Å². The fourth-order valence-corrected chi connectivity index (χ4v) is 1.29. The minimum absolute atomic E-state index is 0.122. The molecule has 3 nitrogen and oxygen atoms in total. The Bertz CT molecular complexity index is 167. The van der Waals surface area contributed by atoms with E-state index in [-0.39, 0.29) is 18.1 Å². The highest BCUT2D eigenvalue weighted by Crippen LogP contribution is 2.13. The average Bonchev–Trinajstić information content (AvgIpc) is 2.50. The van der Waals surface area contributed by atoms with Gasteiger partial charge in [-0.15, -0.1) is 6.58 Å². The van der Waals surface area contributed by atoms with Crippen LogP contribution < -0.4 is 5.32 Å². The van der Waals surface area contributed by atoms with E-state index in [9.17, 15) is 4.79 Å². The van der Waals surface area contributed by atoms with E-state index >= 15 is 0 Å². The van der Waals surface area contributed by atoms with Crippen LogP contribution in [0.5, 0.6) is 0 Å². The van der Waals surface area contributed by atoms with Gasteiger partial charge in [-0.25, -0.2) is 0 Å². The fourth-order valence-electron chi connectivity index (χ4n) is 1.29. The minimum atomic E-state index is -0.172. The van der Waals surface area contributed by atoms with Crippen molar-refractivity contribution in [1.29, 1.82) is 0 Å². The number of ether oxygens (including phenoxy) is 1. The van der Waals surface area contributed by atoms with Gasteiger partial charge in [-0.2, -0.15) is 0 Å². The molecule has 0 aliphatic carbocycles. The number of hydrogen-bond donors (Lipinski definition) is 1. The largest absolute Gasteiger partial charge is 0.468 e. The van der Waals surface area contributed by atoms with Crippen LogP contribution in [0.15, 0.2) is 12.7 Å². The first-order valence-corrected chi connectivity index (χ1v) is 3.74. The van der Waals surface area contributed by atoms with Crippen LogP contribution in [0.3, 0.4) is 0 Å². The van der Waals surface area contributed by atoms with Gasteiger partial charge in [-0.05, 0) is 12.8 Å². The van der Waals surface area contributed by atoms with Gasteiger partial charge in [-0.1, -0.05) is 6.08 Å². The summed E-state index contributed by atoms with van der Waals surface area (Å²) in [5.41, 5.74) is 0. The van der Waals surface area contributed by atoms with E-state index in [1.54, 1.807) is 0 Å². The van der Waals surface area contributed by atoms with Crippen molar-refractivity contribution in [2.45, 2.75) is 24.9 Å². The van der Waals surface area contributed by atoms with E-state index in [0.717, 1.165) is 12.8 Å². The maximum atomic E-state index is 11.0. The molecule has 0 aromatic heterocycles. The summed E-state index contributed by atoms with van der Waals surface area (Å²) in [5.74, 6) is -0.172. The van der Waals surface area contributed by atoms with Gasteiger partial charge in [-0.3, -0.25) is 10.1 Å². The quantitative estimate of drug-likeness (QED) is 0.465. The standard InChI is InChI=1S/C8H13NO2/c1-3-6-4-5-7(9-6)8(10)11-2/h3,6-7,9H,1,4-5H2,2H3/t6-,7-/m0/s1. The fraction of sp³-hybridized carbons (Fsp3) is 0.625. The smallest absolute Gasteiger partial charge is 0.322 e. The number of hydrogen-bond acceptors (Lipinski definition) is 3. The Morgan fingerprint density at radius 1 is 1.73 bits per heavy atom. The number of rotatable bonds is 2. The van der Waals surface area contributed by atoms with Gasteiger partial charge in [0.05, 0.1) is 7.11 Å². The van der Waals surface area contributed by atoms with Crippen LogP contribution in [0.1, 0.15) is 12.8 Å². The van der Waals surface area contributed by atoms with Crippen molar-refractivity contribution in [3.8, 4) is 0 Å². The Balaban J connectivity index is 2.41. The molecule has 3 heteroatoms. The Kier molecular flexibility index (Phi) is 2.65. The third kappa shape index (κ3) is 1.80. The van der Waals surface area contributed by atoms with Gasteiger partial charge in [0.1, 0.15) is 6.04 Å². The second kappa shape index (κ2) is 3.53. The van der Waals surface area contributed by atoms with E-state index in [1.165, 1.54) is 7.11 Å². The zero-order valence-corrected chi connectivity index (χ0v) is 6.67. The highest BCUT2D eigenvalue weighted by atomic mass is 16.5. The summed E-state index contributed by atoms with van der Waals surface area (Å²) in [5, 5.41) is 3.10. The molecule has 1 aliphatic heterocycles. The molecular formula is C8H13NO2. The Labute approximate surface area is 66.4 Å². The lowest BCUT2D eigenvalue weighted by Crippen LogP contribution is -2.35. The summed E-state index contributed by atoms with van der Waals surface area (Å²) in [7, 11) is 1.41. The second-order valence-corrected chi connectivity index (χ2v) is 2.66. The van der Waals surface area contributed by atoms with E-state index in [4.69, 9.17) is 0 Å². The lowest BCUT2D eigenvalue weighted by Gasteiger charge is -2.08. The lowest BCUT2D eigenvalue weighted by molar-refractivity contribution is -0.142. The van der Waals surface area contributed by atoms with E-state index < -0.39 is 0 Å². The molecule has 1 fully saturated rings. The molecule has 0 aromatic carbocycles. The van der Waals surface area contributed by atoms with Crippen LogP contribution in [0.25, 0.3) is 0 Å². The van der Waals surface area contributed by atoms with Crippen LogP contribution in [-0.2, 0) is 9.53 Å². The molecule has 1 saturated heterocycles. The van der Waals surface area contributed by atoms with Crippen LogP contribution in [0.4, 0.5) is 0 Å². The van der Waals surface area contributed by atoms with Crippen LogP contribution in [0.2, 0.25) is 0 Å². The van der Waals surface area contributed by atoms with Gasteiger partial charge in [0.15, 0.2) is 0 Å². The SMILES string of the molecule is C=C[C@H]1CC[C@@H](C(=O)OC)N1. The number of methoxy groups -OCH3 is 1. The normalized spacial score (nSPS) is 29.9. The van der Waals surface area contributed by atoms with Crippen molar-refractivity contribution < 1.29 is 9.53 Å². The van der Waals surface area contributed by atoms with Gasteiger partial charge < -0.3 is 4.74 Å². The van der Waals surface area contributed by atoms with Crippen LogP contribution in [0, 0.1) is 0 Å². The van der Waals surface area contributed by atoms with Gasteiger partial charge in [0, 0.05) is 6.04 Å². The van der Waals surface area contributed by atoms with Crippen LogP contribution >= 0.6 is 0 Å². The third-order valence-corrected chi connectivity index (χ3v) is 1.95.